The quantitative estimate of drug-likeness (QED) is 0.156. The summed E-state index contributed by atoms with van der Waals surface area (Å²) < 4.78 is 0. The molecule has 0 fully saturated rings. The largest absolute Gasteiger partial charge is 0.0616 e. The Morgan fingerprint density at radius 2 is 0.524 bits per heavy atom. The summed E-state index contributed by atoms with van der Waals surface area (Å²) in [5.41, 5.74) is 15.4. The molecular weight excluding hydrogens is 757 g/mol. The van der Waals surface area contributed by atoms with Crippen molar-refractivity contribution in [3.63, 3.8) is 0 Å². The predicted molar refractivity (Wildman–Crippen MR) is 271 cm³/mol. The van der Waals surface area contributed by atoms with Gasteiger partial charge in [0.05, 0.1) is 0 Å². The molecule has 0 bridgehead atoms. The molecule has 14 rings (SSSR count). The van der Waals surface area contributed by atoms with Gasteiger partial charge in [0.15, 0.2) is 0 Å². The normalized spacial score (nSPS) is 13.4. The van der Waals surface area contributed by atoms with E-state index < -0.39 is 0 Å². The Balaban J connectivity index is 0.784. The summed E-state index contributed by atoms with van der Waals surface area (Å²) in [7, 11) is 0. The van der Waals surface area contributed by atoms with Crippen molar-refractivity contribution < 1.29 is 0 Å². The molecule has 0 spiro atoms. The summed E-state index contributed by atoms with van der Waals surface area (Å²) in [4.78, 5) is 0. The zero-order chi connectivity index (χ0) is 41.6. The molecule has 0 saturated heterocycles. The van der Waals surface area contributed by atoms with E-state index >= 15 is 0 Å². The number of hydrogen-bond acceptors (Lipinski definition) is 0. The highest BCUT2D eigenvalue weighted by Gasteiger charge is 2.36. The van der Waals surface area contributed by atoms with E-state index in [9.17, 15) is 0 Å². The molecule has 1 aliphatic carbocycles. The monoisotopic (exact) mass is 796 g/mol. The van der Waals surface area contributed by atoms with E-state index in [0.717, 1.165) is 0 Å². The molecule has 0 heterocycles. The third kappa shape index (κ3) is 5.10. The van der Waals surface area contributed by atoms with E-state index in [4.69, 9.17) is 0 Å². The molecule has 0 atom stereocenters. The fourth-order valence-corrected chi connectivity index (χ4v) is 11.4. The van der Waals surface area contributed by atoms with Crippen LogP contribution in [0.2, 0.25) is 0 Å². The number of fused-ring (bicyclic) bond motifs is 4. The highest BCUT2D eigenvalue weighted by atomic mass is 14.4. The van der Waals surface area contributed by atoms with Crippen molar-refractivity contribution in [3.8, 4) is 55.6 Å². The minimum absolute atomic E-state index is 0.139. The van der Waals surface area contributed by atoms with Crippen LogP contribution in [0.3, 0.4) is 0 Å². The summed E-state index contributed by atoms with van der Waals surface area (Å²) >= 11 is 0. The van der Waals surface area contributed by atoms with Gasteiger partial charge in [-0.15, -0.1) is 0 Å². The minimum atomic E-state index is -0.139. The lowest BCUT2D eigenvalue weighted by atomic mass is 9.80. The maximum Gasteiger partial charge on any atom is 0.0159 e. The van der Waals surface area contributed by atoms with E-state index in [1.165, 1.54) is 142 Å². The molecule has 0 saturated carbocycles. The standard InChI is InChI=1S/C63H40/c1-63(2)57-35-44(38-10-12-39(13-11-38)52-29-46-18-15-40-8-5-9-41-16-19-47(30-52)60(46)59(40)41)24-26-55(57)56-27-25-45(36-58(56)63)54-33-50-22-20-48-31-53(32-49-21-23-51(34-54)62(50)61(48)49)43-17-14-37-6-3-4-7-42(37)28-43/h3-36H,1-2H3. The molecule has 13 aromatic rings. The fourth-order valence-electron chi connectivity index (χ4n) is 11.4. The van der Waals surface area contributed by atoms with Crippen LogP contribution >= 0.6 is 0 Å². The lowest BCUT2D eigenvalue weighted by Gasteiger charge is -2.23. The van der Waals surface area contributed by atoms with Crippen LogP contribution in [0.25, 0.3) is 131 Å². The molecule has 292 valence electrons. The smallest absolute Gasteiger partial charge is 0.0159 e. The molecule has 0 heteroatoms. The SMILES string of the molecule is CC1(C)c2cc(-c3ccc(-c4cc5ccc6cccc7ccc(c4)c5c67)cc3)ccc2-c2ccc(-c3cc4ccc5cc(-c6ccc7ccccc7c6)cc6ccc(c3)c4c56)cc21. The molecule has 0 N–H and O–H groups in total. The lowest BCUT2D eigenvalue weighted by molar-refractivity contribution is 0.661. The number of benzene rings is 13. The third-order valence-electron chi connectivity index (χ3n) is 14.6. The Hall–Kier alpha value is -7.80. The molecule has 0 aromatic heterocycles. The van der Waals surface area contributed by atoms with E-state index in [-0.39, 0.29) is 5.41 Å². The van der Waals surface area contributed by atoms with Gasteiger partial charge in [-0.2, -0.15) is 0 Å². The van der Waals surface area contributed by atoms with Crippen LogP contribution in [0.15, 0.2) is 206 Å². The Morgan fingerprint density at radius 1 is 0.222 bits per heavy atom. The molecule has 1 aliphatic rings. The molecule has 63 heavy (non-hydrogen) atoms. The average molecular weight is 797 g/mol. The van der Waals surface area contributed by atoms with Crippen molar-refractivity contribution in [2.45, 2.75) is 19.3 Å². The molecular formula is C63H40. The van der Waals surface area contributed by atoms with Crippen LogP contribution in [-0.4, -0.2) is 0 Å². The van der Waals surface area contributed by atoms with Crippen molar-refractivity contribution in [1.29, 1.82) is 0 Å². The summed E-state index contributed by atoms with van der Waals surface area (Å²) in [6.45, 7) is 4.79. The highest BCUT2D eigenvalue weighted by Crippen LogP contribution is 2.51. The van der Waals surface area contributed by atoms with Gasteiger partial charge in [-0.25, -0.2) is 0 Å². The summed E-state index contributed by atoms with van der Waals surface area (Å²) in [6, 6.07) is 78.1. The van der Waals surface area contributed by atoms with Crippen molar-refractivity contribution >= 4 is 75.4 Å². The van der Waals surface area contributed by atoms with Gasteiger partial charge in [0.1, 0.15) is 0 Å². The van der Waals surface area contributed by atoms with Crippen molar-refractivity contribution in [3.05, 3.63) is 217 Å². The molecule has 0 radical (unpaired) electrons. The lowest BCUT2D eigenvalue weighted by Crippen LogP contribution is -2.15. The Kier molecular flexibility index (Phi) is 6.99. The summed E-state index contributed by atoms with van der Waals surface area (Å²) in [5, 5.41) is 18.3. The van der Waals surface area contributed by atoms with E-state index in [0.29, 0.717) is 0 Å². The van der Waals surface area contributed by atoms with Crippen molar-refractivity contribution in [2.75, 3.05) is 0 Å². The minimum Gasteiger partial charge on any atom is -0.0616 e. The van der Waals surface area contributed by atoms with Crippen LogP contribution in [0.1, 0.15) is 25.0 Å². The van der Waals surface area contributed by atoms with Crippen LogP contribution in [-0.2, 0) is 5.41 Å². The topological polar surface area (TPSA) is 0 Å². The first-order valence-electron chi connectivity index (χ1n) is 22.2. The van der Waals surface area contributed by atoms with Crippen molar-refractivity contribution in [1.82, 2.24) is 0 Å². The van der Waals surface area contributed by atoms with Gasteiger partial charge in [0.25, 0.3) is 0 Å². The van der Waals surface area contributed by atoms with E-state index in [2.05, 4.69) is 220 Å². The summed E-state index contributed by atoms with van der Waals surface area (Å²) in [6.07, 6.45) is 0. The maximum atomic E-state index is 2.46. The highest BCUT2D eigenvalue weighted by molar-refractivity contribution is 6.25. The molecule has 0 amide bonds. The van der Waals surface area contributed by atoms with Crippen LogP contribution in [0, 0.1) is 0 Å². The molecule has 0 aliphatic heterocycles. The van der Waals surface area contributed by atoms with Crippen LogP contribution in [0.5, 0.6) is 0 Å². The van der Waals surface area contributed by atoms with Gasteiger partial charge in [0, 0.05) is 5.41 Å². The second kappa shape index (κ2) is 12.6. The number of rotatable bonds is 4. The zero-order valence-corrected chi connectivity index (χ0v) is 35.1. The zero-order valence-electron chi connectivity index (χ0n) is 35.1. The van der Waals surface area contributed by atoms with Gasteiger partial charge in [-0.3, -0.25) is 0 Å². The van der Waals surface area contributed by atoms with Gasteiger partial charge < -0.3 is 0 Å². The van der Waals surface area contributed by atoms with Gasteiger partial charge in [-0.1, -0.05) is 166 Å². The molecule has 0 nitrogen and oxygen atoms in total. The second-order valence-corrected chi connectivity index (χ2v) is 18.5. The second-order valence-electron chi connectivity index (χ2n) is 18.5. The van der Waals surface area contributed by atoms with E-state index in [1.807, 2.05) is 0 Å². The van der Waals surface area contributed by atoms with Crippen LogP contribution < -0.4 is 0 Å². The molecule has 0 unspecified atom stereocenters. The van der Waals surface area contributed by atoms with Crippen LogP contribution in [0.4, 0.5) is 0 Å². The summed E-state index contributed by atoms with van der Waals surface area (Å²) in [5.74, 6) is 0. The van der Waals surface area contributed by atoms with E-state index in [1.54, 1.807) is 0 Å². The Morgan fingerprint density at radius 3 is 1.02 bits per heavy atom. The van der Waals surface area contributed by atoms with Crippen molar-refractivity contribution in [2.24, 2.45) is 0 Å². The maximum absolute atomic E-state index is 2.46. The van der Waals surface area contributed by atoms with Gasteiger partial charge >= 0.3 is 0 Å². The predicted octanol–water partition coefficient (Wildman–Crippen LogP) is 17.6. The number of hydrogen-bond donors (Lipinski definition) is 0. The fraction of sp³-hybridized carbons (Fsp3) is 0.0476. The Bertz CT molecular complexity index is 3900. The molecule has 13 aromatic carbocycles. The first kappa shape index (κ1) is 34.9. The van der Waals surface area contributed by atoms with Gasteiger partial charge in [0.2, 0.25) is 0 Å². The van der Waals surface area contributed by atoms with Gasteiger partial charge in [-0.05, 0) is 197 Å². The third-order valence-corrected chi connectivity index (χ3v) is 14.6. The Labute approximate surface area is 366 Å². The average Bonchev–Trinajstić information content (AvgIpc) is 3.56. The first-order valence-corrected chi connectivity index (χ1v) is 22.2. The first-order chi connectivity index (χ1) is 30.9.